The average molecular weight is 336 g/mol. The van der Waals surface area contributed by atoms with Crippen molar-refractivity contribution >= 4 is 40.1 Å². The standard InChI is InChI=1S/C11H11ClINO/c1-14(8-3-4-8)11(15)9-6-7(13)2-5-10(9)12/h2,5-6,8H,3-4H2,1H3. The van der Waals surface area contributed by atoms with Crippen LogP contribution in [0.4, 0.5) is 0 Å². The van der Waals surface area contributed by atoms with Crippen molar-refractivity contribution in [2.24, 2.45) is 0 Å². The molecule has 1 amide bonds. The number of carbonyl (C=O) groups excluding carboxylic acids is 1. The van der Waals surface area contributed by atoms with Gasteiger partial charge in [0, 0.05) is 16.7 Å². The molecule has 2 rings (SSSR count). The Morgan fingerprint density at radius 3 is 2.80 bits per heavy atom. The Kier molecular flexibility index (Phi) is 3.21. The summed E-state index contributed by atoms with van der Waals surface area (Å²) in [6.45, 7) is 0. The lowest BCUT2D eigenvalue weighted by molar-refractivity contribution is 0.0785. The van der Waals surface area contributed by atoms with Crippen molar-refractivity contribution in [3.05, 3.63) is 32.4 Å². The summed E-state index contributed by atoms with van der Waals surface area (Å²) in [5.74, 6) is 0.0287. The summed E-state index contributed by atoms with van der Waals surface area (Å²) in [7, 11) is 1.84. The largest absolute Gasteiger partial charge is 0.339 e. The minimum atomic E-state index is 0.0287. The van der Waals surface area contributed by atoms with E-state index >= 15 is 0 Å². The van der Waals surface area contributed by atoms with E-state index in [1.807, 2.05) is 19.2 Å². The van der Waals surface area contributed by atoms with Gasteiger partial charge < -0.3 is 4.90 Å². The SMILES string of the molecule is CN(C(=O)c1cc(I)ccc1Cl)C1CC1. The molecule has 15 heavy (non-hydrogen) atoms. The maximum absolute atomic E-state index is 12.0. The van der Waals surface area contributed by atoms with Gasteiger partial charge in [-0.1, -0.05) is 11.6 Å². The second kappa shape index (κ2) is 4.29. The molecule has 0 aromatic heterocycles. The average Bonchev–Trinajstić information content (AvgIpc) is 3.03. The molecule has 80 valence electrons. The summed E-state index contributed by atoms with van der Waals surface area (Å²) in [6, 6.07) is 5.93. The Hall–Kier alpha value is -0.290. The molecule has 0 bridgehead atoms. The maximum atomic E-state index is 12.0. The first kappa shape index (κ1) is 11.2. The van der Waals surface area contributed by atoms with Crippen molar-refractivity contribution < 1.29 is 4.79 Å². The van der Waals surface area contributed by atoms with Crippen LogP contribution in [0.2, 0.25) is 5.02 Å². The summed E-state index contributed by atoms with van der Waals surface area (Å²) in [5.41, 5.74) is 0.609. The fourth-order valence-electron chi connectivity index (χ4n) is 1.48. The van der Waals surface area contributed by atoms with Crippen LogP contribution in [0.15, 0.2) is 18.2 Å². The Labute approximate surface area is 108 Å². The van der Waals surface area contributed by atoms with E-state index in [4.69, 9.17) is 11.6 Å². The maximum Gasteiger partial charge on any atom is 0.255 e. The first-order chi connectivity index (χ1) is 7.09. The van der Waals surface area contributed by atoms with Crippen LogP contribution < -0.4 is 0 Å². The zero-order valence-electron chi connectivity index (χ0n) is 8.34. The molecule has 0 radical (unpaired) electrons. The molecule has 1 fully saturated rings. The highest BCUT2D eigenvalue weighted by molar-refractivity contribution is 14.1. The van der Waals surface area contributed by atoms with Crippen LogP contribution in [0.3, 0.4) is 0 Å². The van der Waals surface area contributed by atoms with Crippen molar-refractivity contribution in [1.82, 2.24) is 4.90 Å². The quantitative estimate of drug-likeness (QED) is 0.760. The van der Waals surface area contributed by atoms with E-state index in [-0.39, 0.29) is 5.91 Å². The van der Waals surface area contributed by atoms with Gasteiger partial charge >= 0.3 is 0 Å². The molecule has 1 aliphatic rings. The number of hydrogen-bond donors (Lipinski definition) is 0. The molecule has 0 spiro atoms. The van der Waals surface area contributed by atoms with Crippen molar-refractivity contribution in [1.29, 1.82) is 0 Å². The summed E-state index contributed by atoms with van der Waals surface area (Å²) < 4.78 is 1.03. The third-order valence-corrected chi connectivity index (χ3v) is 3.57. The second-order valence-corrected chi connectivity index (χ2v) is 5.42. The smallest absolute Gasteiger partial charge is 0.255 e. The summed E-state index contributed by atoms with van der Waals surface area (Å²) in [4.78, 5) is 13.8. The summed E-state index contributed by atoms with van der Waals surface area (Å²) >= 11 is 8.19. The molecule has 1 aromatic carbocycles. The fourth-order valence-corrected chi connectivity index (χ4v) is 2.17. The van der Waals surface area contributed by atoms with E-state index < -0.39 is 0 Å². The Balaban J connectivity index is 2.27. The van der Waals surface area contributed by atoms with Gasteiger partial charge in [0.1, 0.15) is 0 Å². The van der Waals surface area contributed by atoms with Gasteiger partial charge in [-0.05, 0) is 53.6 Å². The van der Waals surface area contributed by atoms with E-state index in [1.165, 1.54) is 0 Å². The van der Waals surface area contributed by atoms with Crippen LogP contribution in [-0.2, 0) is 0 Å². The molecular weight excluding hydrogens is 324 g/mol. The predicted molar refractivity (Wildman–Crippen MR) is 69.3 cm³/mol. The van der Waals surface area contributed by atoms with Crippen molar-refractivity contribution in [3.63, 3.8) is 0 Å². The molecule has 4 heteroatoms. The number of halogens is 2. The molecule has 0 unspecified atom stereocenters. The predicted octanol–water partition coefficient (Wildman–Crippen LogP) is 3.18. The second-order valence-electron chi connectivity index (χ2n) is 3.77. The topological polar surface area (TPSA) is 20.3 Å². The lowest BCUT2D eigenvalue weighted by Gasteiger charge is -2.17. The minimum Gasteiger partial charge on any atom is -0.339 e. The highest BCUT2D eigenvalue weighted by atomic mass is 127. The number of rotatable bonds is 2. The van der Waals surface area contributed by atoms with Gasteiger partial charge in [0.15, 0.2) is 0 Å². The molecule has 0 heterocycles. The highest BCUT2D eigenvalue weighted by Gasteiger charge is 2.30. The number of hydrogen-bond acceptors (Lipinski definition) is 1. The minimum absolute atomic E-state index is 0.0287. The number of benzene rings is 1. The number of amides is 1. The normalized spacial score (nSPS) is 15.1. The molecule has 1 aliphatic carbocycles. The summed E-state index contributed by atoms with van der Waals surface area (Å²) in [5, 5.41) is 0.535. The van der Waals surface area contributed by atoms with E-state index in [9.17, 15) is 4.79 Å². The number of nitrogens with zero attached hydrogens (tertiary/aromatic N) is 1. The zero-order valence-corrected chi connectivity index (χ0v) is 11.2. The molecule has 0 saturated heterocycles. The van der Waals surface area contributed by atoms with Gasteiger partial charge in [-0.25, -0.2) is 0 Å². The summed E-state index contributed by atoms with van der Waals surface area (Å²) in [6.07, 6.45) is 2.23. The van der Waals surface area contributed by atoms with Crippen LogP contribution in [0.1, 0.15) is 23.2 Å². The van der Waals surface area contributed by atoms with E-state index in [0.717, 1.165) is 16.4 Å². The molecule has 1 aromatic rings. The van der Waals surface area contributed by atoms with Gasteiger partial charge in [-0.3, -0.25) is 4.79 Å². The Morgan fingerprint density at radius 2 is 2.20 bits per heavy atom. The molecular formula is C11H11ClINO. The fraction of sp³-hybridized carbons (Fsp3) is 0.364. The molecule has 0 atom stereocenters. The van der Waals surface area contributed by atoms with E-state index in [2.05, 4.69) is 22.6 Å². The monoisotopic (exact) mass is 335 g/mol. The lowest BCUT2D eigenvalue weighted by Crippen LogP contribution is -2.29. The molecule has 0 N–H and O–H groups in total. The van der Waals surface area contributed by atoms with Crippen LogP contribution in [-0.4, -0.2) is 23.9 Å². The molecule has 2 nitrogen and oxygen atoms in total. The van der Waals surface area contributed by atoms with Crippen LogP contribution in [0, 0.1) is 3.57 Å². The molecule has 1 saturated carbocycles. The first-order valence-electron chi connectivity index (χ1n) is 4.82. The molecule has 0 aliphatic heterocycles. The van der Waals surface area contributed by atoms with Crippen LogP contribution in [0.25, 0.3) is 0 Å². The first-order valence-corrected chi connectivity index (χ1v) is 6.27. The van der Waals surface area contributed by atoms with Crippen LogP contribution >= 0.6 is 34.2 Å². The van der Waals surface area contributed by atoms with Gasteiger partial charge in [-0.2, -0.15) is 0 Å². The van der Waals surface area contributed by atoms with E-state index in [1.54, 1.807) is 11.0 Å². The third kappa shape index (κ3) is 2.45. The van der Waals surface area contributed by atoms with Crippen molar-refractivity contribution in [3.8, 4) is 0 Å². The van der Waals surface area contributed by atoms with Gasteiger partial charge in [-0.15, -0.1) is 0 Å². The lowest BCUT2D eigenvalue weighted by atomic mass is 10.2. The Morgan fingerprint density at radius 1 is 1.53 bits per heavy atom. The third-order valence-electron chi connectivity index (χ3n) is 2.57. The number of carbonyl (C=O) groups is 1. The Bertz CT molecular complexity index is 404. The van der Waals surface area contributed by atoms with Crippen LogP contribution in [0.5, 0.6) is 0 Å². The van der Waals surface area contributed by atoms with Crippen molar-refractivity contribution in [2.45, 2.75) is 18.9 Å². The van der Waals surface area contributed by atoms with E-state index in [0.29, 0.717) is 16.6 Å². The van der Waals surface area contributed by atoms with Crippen molar-refractivity contribution in [2.75, 3.05) is 7.05 Å². The zero-order chi connectivity index (χ0) is 11.0. The van der Waals surface area contributed by atoms with Gasteiger partial charge in [0.25, 0.3) is 5.91 Å². The van der Waals surface area contributed by atoms with Gasteiger partial charge in [0.05, 0.1) is 10.6 Å². The van der Waals surface area contributed by atoms with Gasteiger partial charge in [0.2, 0.25) is 0 Å². The highest BCUT2D eigenvalue weighted by Crippen LogP contribution is 2.28.